The molecule has 2 aromatic rings. The van der Waals surface area contributed by atoms with E-state index in [4.69, 9.17) is 9.73 Å². The number of rotatable bonds is 6. The van der Waals surface area contributed by atoms with Crippen LogP contribution in [-0.2, 0) is 11.3 Å². The van der Waals surface area contributed by atoms with E-state index in [1.807, 2.05) is 25.2 Å². The molecule has 4 nitrogen and oxygen atoms in total. The smallest absolute Gasteiger partial charge is 0.193 e. The lowest BCUT2D eigenvalue weighted by Gasteiger charge is -2.23. The summed E-state index contributed by atoms with van der Waals surface area (Å²) in [6, 6.07) is 17.0. The maximum Gasteiger partial charge on any atom is 0.193 e. The molecule has 0 aromatic heterocycles. The van der Waals surface area contributed by atoms with E-state index >= 15 is 0 Å². The maximum absolute atomic E-state index is 13.1. The number of aliphatic imine (C=N–C) groups is 1. The van der Waals surface area contributed by atoms with Gasteiger partial charge in [0.2, 0.25) is 0 Å². The summed E-state index contributed by atoms with van der Waals surface area (Å²) in [6.07, 6.45) is 1.13. The van der Waals surface area contributed by atoms with E-state index in [0.29, 0.717) is 12.5 Å². The predicted octanol–water partition coefficient (Wildman–Crippen LogP) is 4.62. The van der Waals surface area contributed by atoms with Crippen LogP contribution in [0.4, 0.5) is 4.39 Å². The van der Waals surface area contributed by atoms with E-state index in [1.54, 1.807) is 0 Å². The Hall–Kier alpha value is -1.67. The van der Waals surface area contributed by atoms with Crippen LogP contribution in [0.15, 0.2) is 59.6 Å². The summed E-state index contributed by atoms with van der Waals surface area (Å²) in [5.41, 5.74) is 2.27. The van der Waals surface area contributed by atoms with Gasteiger partial charge in [0.25, 0.3) is 0 Å². The monoisotopic (exact) mass is 497 g/mol. The van der Waals surface area contributed by atoms with Crippen molar-refractivity contribution in [1.29, 1.82) is 0 Å². The molecule has 0 spiro atoms. The second-order valence-corrected chi connectivity index (χ2v) is 6.93. The van der Waals surface area contributed by atoms with Crippen molar-refractivity contribution in [2.75, 3.05) is 26.7 Å². The molecule has 0 aliphatic carbocycles. The van der Waals surface area contributed by atoms with Gasteiger partial charge in [-0.2, -0.15) is 0 Å². The lowest BCUT2D eigenvalue weighted by Crippen LogP contribution is -2.39. The van der Waals surface area contributed by atoms with Gasteiger partial charge in [0.1, 0.15) is 5.82 Å². The van der Waals surface area contributed by atoms with E-state index in [2.05, 4.69) is 41.4 Å². The summed E-state index contributed by atoms with van der Waals surface area (Å²) in [4.78, 5) is 6.94. The highest BCUT2D eigenvalue weighted by Crippen LogP contribution is 2.34. The van der Waals surface area contributed by atoms with Crippen LogP contribution in [0.5, 0.6) is 0 Å². The number of benzene rings is 2. The van der Waals surface area contributed by atoms with Crippen LogP contribution in [0, 0.1) is 11.7 Å². The number of halogens is 2. The van der Waals surface area contributed by atoms with Crippen LogP contribution in [0.1, 0.15) is 30.6 Å². The second kappa shape index (κ2) is 11.4. The summed E-state index contributed by atoms with van der Waals surface area (Å²) in [5, 5.41) is 3.35. The molecule has 1 saturated heterocycles. The Labute approximate surface area is 184 Å². The molecule has 2 atom stereocenters. The van der Waals surface area contributed by atoms with Gasteiger partial charge >= 0.3 is 0 Å². The van der Waals surface area contributed by atoms with Crippen LogP contribution in [0.3, 0.4) is 0 Å². The van der Waals surface area contributed by atoms with E-state index in [9.17, 15) is 4.39 Å². The molecule has 1 fully saturated rings. The summed E-state index contributed by atoms with van der Waals surface area (Å²) in [6.45, 7) is 5.04. The van der Waals surface area contributed by atoms with E-state index in [-0.39, 0.29) is 35.9 Å². The Balaban J connectivity index is 0.00000280. The van der Waals surface area contributed by atoms with Gasteiger partial charge in [0.15, 0.2) is 5.96 Å². The van der Waals surface area contributed by atoms with Crippen molar-refractivity contribution in [3.63, 3.8) is 0 Å². The van der Waals surface area contributed by atoms with Gasteiger partial charge in [-0.25, -0.2) is 4.39 Å². The van der Waals surface area contributed by atoms with Crippen molar-refractivity contribution in [3.8, 4) is 0 Å². The molecule has 1 N–H and O–H groups in total. The first-order chi connectivity index (χ1) is 13.2. The maximum atomic E-state index is 13.1. The zero-order valence-corrected chi connectivity index (χ0v) is 18.8. The summed E-state index contributed by atoms with van der Waals surface area (Å²) >= 11 is 0. The van der Waals surface area contributed by atoms with Crippen LogP contribution >= 0.6 is 24.0 Å². The van der Waals surface area contributed by atoms with Gasteiger partial charge in [-0.15, -0.1) is 24.0 Å². The molecule has 2 aromatic carbocycles. The topological polar surface area (TPSA) is 36.9 Å². The average molecular weight is 497 g/mol. The molecule has 6 heteroatoms. The Morgan fingerprint density at radius 3 is 2.57 bits per heavy atom. The fraction of sp³-hybridized carbons (Fsp3) is 0.409. The van der Waals surface area contributed by atoms with Crippen molar-refractivity contribution < 1.29 is 9.13 Å². The third kappa shape index (κ3) is 6.17. The second-order valence-electron chi connectivity index (χ2n) is 6.93. The predicted molar refractivity (Wildman–Crippen MR) is 123 cm³/mol. The molecule has 0 amide bonds. The van der Waals surface area contributed by atoms with Crippen molar-refractivity contribution >= 4 is 29.9 Å². The third-order valence-electron chi connectivity index (χ3n) is 4.85. The fourth-order valence-electron chi connectivity index (χ4n) is 3.44. The fourth-order valence-corrected chi connectivity index (χ4v) is 3.44. The third-order valence-corrected chi connectivity index (χ3v) is 4.85. The summed E-state index contributed by atoms with van der Waals surface area (Å²) in [7, 11) is 2.00. The highest BCUT2D eigenvalue weighted by molar-refractivity contribution is 14.0. The van der Waals surface area contributed by atoms with Gasteiger partial charge in [0, 0.05) is 39.2 Å². The molecule has 1 aliphatic rings. The molecule has 0 bridgehead atoms. The summed E-state index contributed by atoms with van der Waals surface area (Å²) in [5.74, 6) is 1.02. The number of hydrogen-bond donors (Lipinski definition) is 1. The molecular formula is C22H29FIN3O. The SMILES string of the molecule is CCNC(=NCC1CCOC1c1ccccc1)N(C)Cc1ccc(F)cc1.I. The molecule has 1 aliphatic heterocycles. The van der Waals surface area contributed by atoms with Crippen LogP contribution in [-0.4, -0.2) is 37.6 Å². The first-order valence-electron chi connectivity index (χ1n) is 9.58. The van der Waals surface area contributed by atoms with Gasteiger partial charge in [-0.1, -0.05) is 42.5 Å². The Bertz CT molecular complexity index is 739. The molecule has 0 saturated carbocycles. The Morgan fingerprint density at radius 1 is 1.18 bits per heavy atom. The minimum absolute atomic E-state index is 0. The molecule has 3 rings (SSSR count). The average Bonchev–Trinajstić information content (AvgIpc) is 3.16. The van der Waals surface area contributed by atoms with Crippen molar-refractivity contribution in [2.45, 2.75) is 26.0 Å². The number of nitrogens with one attached hydrogen (secondary N) is 1. The van der Waals surface area contributed by atoms with Crippen molar-refractivity contribution in [3.05, 3.63) is 71.5 Å². The minimum atomic E-state index is -0.213. The largest absolute Gasteiger partial charge is 0.373 e. The van der Waals surface area contributed by atoms with Crippen molar-refractivity contribution in [2.24, 2.45) is 10.9 Å². The standard InChI is InChI=1S/C22H28FN3O.HI/c1-3-24-22(26(2)16-17-9-11-20(23)12-10-17)25-15-19-13-14-27-21(19)18-7-5-4-6-8-18;/h4-12,19,21H,3,13-16H2,1-2H3,(H,24,25);1H. The first-order valence-corrected chi connectivity index (χ1v) is 9.58. The number of guanidine groups is 1. The van der Waals surface area contributed by atoms with Gasteiger partial charge < -0.3 is 15.0 Å². The van der Waals surface area contributed by atoms with Crippen LogP contribution in [0.2, 0.25) is 0 Å². The van der Waals surface area contributed by atoms with Crippen molar-refractivity contribution in [1.82, 2.24) is 10.2 Å². The molecule has 2 unspecified atom stereocenters. The van der Waals surface area contributed by atoms with E-state index < -0.39 is 0 Å². The van der Waals surface area contributed by atoms with Gasteiger partial charge in [-0.05, 0) is 36.6 Å². The van der Waals surface area contributed by atoms with Crippen LogP contribution < -0.4 is 5.32 Å². The lowest BCUT2D eigenvalue weighted by molar-refractivity contribution is 0.0925. The number of ether oxygens (including phenoxy) is 1. The highest BCUT2D eigenvalue weighted by atomic mass is 127. The quantitative estimate of drug-likeness (QED) is 0.360. The minimum Gasteiger partial charge on any atom is -0.373 e. The zero-order valence-electron chi connectivity index (χ0n) is 16.5. The molecule has 0 radical (unpaired) electrons. The summed E-state index contributed by atoms with van der Waals surface area (Å²) < 4.78 is 19.1. The number of nitrogens with zero attached hydrogens (tertiary/aromatic N) is 2. The van der Waals surface area contributed by atoms with E-state index in [1.165, 1.54) is 17.7 Å². The zero-order chi connectivity index (χ0) is 19.1. The lowest BCUT2D eigenvalue weighted by atomic mass is 9.95. The molecule has 152 valence electrons. The first kappa shape index (κ1) is 22.6. The molecule has 28 heavy (non-hydrogen) atoms. The normalized spacial score (nSPS) is 19.2. The molecule has 1 heterocycles. The van der Waals surface area contributed by atoms with Gasteiger partial charge in [-0.3, -0.25) is 4.99 Å². The Morgan fingerprint density at radius 2 is 1.89 bits per heavy atom. The van der Waals surface area contributed by atoms with Gasteiger partial charge in [0.05, 0.1) is 6.10 Å². The number of hydrogen-bond acceptors (Lipinski definition) is 2. The Kier molecular flexibility index (Phi) is 9.18. The van der Waals surface area contributed by atoms with Crippen LogP contribution in [0.25, 0.3) is 0 Å². The highest BCUT2D eigenvalue weighted by Gasteiger charge is 2.29. The van der Waals surface area contributed by atoms with E-state index in [0.717, 1.165) is 37.6 Å². The molecular weight excluding hydrogens is 468 g/mol.